The number of hydrogen-bond acceptors (Lipinski definition) is 4. The minimum Gasteiger partial charge on any atom is -0.459 e. The molecule has 30 heavy (non-hydrogen) atoms. The molecule has 5 heteroatoms. The van der Waals surface area contributed by atoms with Crippen LogP contribution in [0.15, 0.2) is 73.1 Å². The molecule has 0 bridgehead atoms. The number of aryl methyl sites for hydroxylation is 2. The van der Waals surface area contributed by atoms with Gasteiger partial charge in [-0.3, -0.25) is 9.78 Å². The molecular weight excluding hydrogens is 374 g/mol. The second-order valence-electron chi connectivity index (χ2n) is 7.35. The standard InChI is InChI=1S/C25H25N3O2/c1-18(29)30-17-23-15-22(13-14-26-23)28-21-11-9-19(10-12-21)5-4-6-20-16-27-25-8-3-2-7-24(20)25/h2-3,7-16,27H,4-6,17H2,1H3,(H,26,28). The number of rotatable bonds is 8. The Morgan fingerprint density at radius 2 is 1.87 bits per heavy atom. The first-order valence-electron chi connectivity index (χ1n) is 10.2. The maximum absolute atomic E-state index is 11.0. The molecule has 0 aliphatic heterocycles. The first kappa shape index (κ1) is 19.7. The highest BCUT2D eigenvalue weighted by molar-refractivity contribution is 5.83. The van der Waals surface area contributed by atoms with E-state index in [4.69, 9.17) is 4.74 Å². The molecule has 152 valence electrons. The van der Waals surface area contributed by atoms with E-state index in [1.807, 2.05) is 12.1 Å². The highest BCUT2D eigenvalue weighted by Gasteiger charge is 2.04. The van der Waals surface area contributed by atoms with Crippen molar-refractivity contribution in [1.82, 2.24) is 9.97 Å². The Bertz CT molecular complexity index is 1130. The van der Waals surface area contributed by atoms with Crippen LogP contribution in [0.2, 0.25) is 0 Å². The monoisotopic (exact) mass is 399 g/mol. The number of fused-ring (bicyclic) bond motifs is 1. The molecule has 4 rings (SSSR count). The van der Waals surface area contributed by atoms with Gasteiger partial charge in [0.05, 0.1) is 5.69 Å². The van der Waals surface area contributed by atoms with Gasteiger partial charge >= 0.3 is 5.97 Å². The van der Waals surface area contributed by atoms with E-state index in [1.165, 1.54) is 29.0 Å². The Morgan fingerprint density at radius 1 is 1.03 bits per heavy atom. The van der Waals surface area contributed by atoms with Crippen molar-refractivity contribution in [2.24, 2.45) is 0 Å². The van der Waals surface area contributed by atoms with Crippen LogP contribution in [0.1, 0.15) is 30.2 Å². The van der Waals surface area contributed by atoms with Crippen molar-refractivity contribution in [3.05, 3.63) is 89.9 Å². The molecule has 0 aliphatic carbocycles. The SMILES string of the molecule is CC(=O)OCc1cc(Nc2ccc(CCCc3c[nH]c4ccccc34)cc2)ccn1. The fourth-order valence-electron chi connectivity index (χ4n) is 3.55. The lowest BCUT2D eigenvalue weighted by molar-refractivity contribution is -0.142. The highest BCUT2D eigenvalue weighted by atomic mass is 16.5. The Kier molecular flexibility index (Phi) is 6.09. The molecule has 2 aromatic carbocycles. The van der Waals surface area contributed by atoms with Gasteiger partial charge < -0.3 is 15.0 Å². The predicted octanol–water partition coefficient (Wildman–Crippen LogP) is 5.54. The van der Waals surface area contributed by atoms with E-state index < -0.39 is 0 Å². The maximum Gasteiger partial charge on any atom is 0.303 e. The topological polar surface area (TPSA) is 67.0 Å². The summed E-state index contributed by atoms with van der Waals surface area (Å²) < 4.78 is 5.01. The molecule has 4 aromatic rings. The van der Waals surface area contributed by atoms with Crippen molar-refractivity contribution in [3.8, 4) is 0 Å². The van der Waals surface area contributed by atoms with Crippen LogP contribution in [0.4, 0.5) is 11.4 Å². The van der Waals surface area contributed by atoms with Gasteiger partial charge in [0, 0.05) is 41.6 Å². The van der Waals surface area contributed by atoms with Gasteiger partial charge in [0.15, 0.2) is 0 Å². The molecular formula is C25H25N3O2. The van der Waals surface area contributed by atoms with E-state index in [0.29, 0.717) is 5.69 Å². The lowest BCUT2D eigenvalue weighted by Gasteiger charge is -2.09. The zero-order valence-electron chi connectivity index (χ0n) is 17.0. The van der Waals surface area contributed by atoms with Crippen molar-refractivity contribution >= 4 is 28.2 Å². The number of anilines is 2. The quantitative estimate of drug-likeness (QED) is 0.382. The van der Waals surface area contributed by atoms with Crippen molar-refractivity contribution in [2.45, 2.75) is 32.8 Å². The van der Waals surface area contributed by atoms with Gasteiger partial charge in [-0.1, -0.05) is 30.3 Å². The summed E-state index contributed by atoms with van der Waals surface area (Å²) in [7, 11) is 0. The molecule has 2 N–H and O–H groups in total. The van der Waals surface area contributed by atoms with Crippen LogP contribution in [0.3, 0.4) is 0 Å². The molecule has 2 heterocycles. The van der Waals surface area contributed by atoms with Crippen LogP contribution < -0.4 is 5.32 Å². The smallest absolute Gasteiger partial charge is 0.303 e. The van der Waals surface area contributed by atoms with Gasteiger partial charge in [-0.25, -0.2) is 0 Å². The van der Waals surface area contributed by atoms with E-state index in [1.54, 1.807) is 6.20 Å². The van der Waals surface area contributed by atoms with E-state index in [-0.39, 0.29) is 12.6 Å². The second kappa shape index (κ2) is 9.27. The van der Waals surface area contributed by atoms with Gasteiger partial charge in [-0.05, 0) is 60.7 Å². The first-order chi connectivity index (χ1) is 14.7. The minimum atomic E-state index is -0.310. The van der Waals surface area contributed by atoms with Crippen LogP contribution in [0.25, 0.3) is 10.9 Å². The largest absolute Gasteiger partial charge is 0.459 e. The first-order valence-corrected chi connectivity index (χ1v) is 10.2. The number of esters is 1. The third-order valence-corrected chi connectivity index (χ3v) is 5.07. The molecule has 0 radical (unpaired) electrons. The van der Waals surface area contributed by atoms with Crippen LogP contribution in [0.5, 0.6) is 0 Å². The molecule has 0 aliphatic rings. The number of carbonyl (C=O) groups excluding carboxylic acids is 1. The molecule has 0 fully saturated rings. The summed E-state index contributed by atoms with van der Waals surface area (Å²) in [6.45, 7) is 1.57. The van der Waals surface area contributed by atoms with Gasteiger partial charge in [-0.2, -0.15) is 0 Å². The number of aromatic amines is 1. The summed E-state index contributed by atoms with van der Waals surface area (Å²) in [5.41, 5.74) is 6.55. The van der Waals surface area contributed by atoms with E-state index >= 15 is 0 Å². The van der Waals surface area contributed by atoms with Crippen LogP contribution in [-0.4, -0.2) is 15.9 Å². The number of H-pyrrole nitrogens is 1. The predicted molar refractivity (Wildman–Crippen MR) is 120 cm³/mol. The number of aromatic nitrogens is 2. The number of ether oxygens (including phenoxy) is 1. The molecule has 0 saturated heterocycles. The Labute approximate surface area is 176 Å². The van der Waals surface area contributed by atoms with E-state index in [0.717, 1.165) is 30.6 Å². The number of nitrogens with zero attached hydrogens (tertiary/aromatic N) is 1. The summed E-state index contributed by atoms with van der Waals surface area (Å²) >= 11 is 0. The third kappa shape index (κ3) is 5.06. The molecule has 0 unspecified atom stereocenters. The summed E-state index contributed by atoms with van der Waals surface area (Å²) in [5, 5.41) is 4.69. The average molecular weight is 399 g/mol. The Balaban J connectivity index is 1.31. The van der Waals surface area contributed by atoms with Gasteiger partial charge in [0.25, 0.3) is 0 Å². The van der Waals surface area contributed by atoms with Crippen molar-refractivity contribution in [3.63, 3.8) is 0 Å². The van der Waals surface area contributed by atoms with E-state index in [9.17, 15) is 4.79 Å². The normalized spacial score (nSPS) is 10.8. The number of pyridine rings is 1. The van der Waals surface area contributed by atoms with Crippen molar-refractivity contribution in [2.75, 3.05) is 5.32 Å². The van der Waals surface area contributed by atoms with Gasteiger partial charge in [-0.15, -0.1) is 0 Å². The number of carbonyl (C=O) groups is 1. The number of para-hydroxylation sites is 1. The van der Waals surface area contributed by atoms with Gasteiger partial charge in [0.1, 0.15) is 6.61 Å². The van der Waals surface area contributed by atoms with Crippen LogP contribution >= 0.6 is 0 Å². The number of hydrogen-bond donors (Lipinski definition) is 2. The average Bonchev–Trinajstić information content (AvgIpc) is 3.17. The van der Waals surface area contributed by atoms with Crippen LogP contribution in [-0.2, 0) is 29.0 Å². The lowest BCUT2D eigenvalue weighted by atomic mass is 10.0. The fourth-order valence-corrected chi connectivity index (χ4v) is 3.55. The maximum atomic E-state index is 11.0. The third-order valence-electron chi connectivity index (χ3n) is 5.07. The zero-order chi connectivity index (χ0) is 20.8. The molecule has 0 amide bonds. The summed E-state index contributed by atoms with van der Waals surface area (Å²) in [4.78, 5) is 18.5. The van der Waals surface area contributed by atoms with Gasteiger partial charge in [0.2, 0.25) is 0 Å². The minimum absolute atomic E-state index is 0.181. The molecule has 0 saturated carbocycles. The number of nitrogens with one attached hydrogen (secondary N) is 2. The molecule has 2 aromatic heterocycles. The fraction of sp³-hybridized carbons (Fsp3) is 0.200. The van der Waals surface area contributed by atoms with E-state index in [2.05, 4.69) is 70.0 Å². The zero-order valence-corrected chi connectivity index (χ0v) is 17.0. The molecule has 0 atom stereocenters. The van der Waals surface area contributed by atoms with Crippen LogP contribution in [0, 0.1) is 0 Å². The second-order valence-corrected chi connectivity index (χ2v) is 7.35. The lowest BCUT2D eigenvalue weighted by Crippen LogP contribution is -2.01. The Hall–Kier alpha value is -3.60. The highest BCUT2D eigenvalue weighted by Crippen LogP contribution is 2.21. The summed E-state index contributed by atoms with van der Waals surface area (Å²) in [6, 6.07) is 20.7. The summed E-state index contributed by atoms with van der Waals surface area (Å²) in [6.07, 6.45) is 7.05. The number of benzene rings is 2. The summed E-state index contributed by atoms with van der Waals surface area (Å²) in [5.74, 6) is -0.310. The molecule has 0 spiro atoms. The van der Waals surface area contributed by atoms with Crippen molar-refractivity contribution < 1.29 is 9.53 Å². The Morgan fingerprint density at radius 3 is 2.70 bits per heavy atom. The van der Waals surface area contributed by atoms with Crippen molar-refractivity contribution in [1.29, 1.82) is 0 Å². The molecule has 5 nitrogen and oxygen atoms in total.